The zero-order valence-corrected chi connectivity index (χ0v) is 22.7. The fourth-order valence-corrected chi connectivity index (χ4v) is 5.13. The Bertz CT molecular complexity index is 1160. The van der Waals surface area contributed by atoms with Crippen molar-refractivity contribution in [2.75, 3.05) is 11.9 Å². The second kappa shape index (κ2) is 10.1. The molecule has 15 heteroatoms. The van der Waals surface area contributed by atoms with Gasteiger partial charge in [-0.3, -0.25) is 24.5 Å². The normalized spacial score (nSPS) is 23.8. The number of nitrogens with zero attached hydrogens (tertiary/aromatic N) is 3. The van der Waals surface area contributed by atoms with Crippen molar-refractivity contribution in [1.29, 1.82) is 0 Å². The highest BCUT2D eigenvalue weighted by Gasteiger charge is 2.54. The van der Waals surface area contributed by atoms with Crippen LogP contribution in [0.3, 0.4) is 0 Å². The molecule has 0 radical (unpaired) electrons. The van der Waals surface area contributed by atoms with Crippen molar-refractivity contribution in [3.8, 4) is 0 Å². The molecule has 0 aromatic carbocycles. The number of aromatic nitrogens is 4. The van der Waals surface area contributed by atoms with E-state index in [4.69, 9.17) is 13.7 Å². The van der Waals surface area contributed by atoms with Crippen LogP contribution in [0.1, 0.15) is 40.8 Å². The van der Waals surface area contributed by atoms with Crippen molar-refractivity contribution in [2.45, 2.75) is 77.3 Å². The van der Waals surface area contributed by atoms with Crippen LogP contribution < -0.4 is 10.9 Å². The number of aromatic amines is 1. The zero-order chi connectivity index (χ0) is 26.3. The smallest absolute Gasteiger partial charge is 0.406 e. The van der Waals surface area contributed by atoms with Gasteiger partial charge in [0.1, 0.15) is 12.2 Å². The maximum absolute atomic E-state index is 12.6. The van der Waals surface area contributed by atoms with Crippen LogP contribution in [-0.4, -0.2) is 68.7 Å². The summed E-state index contributed by atoms with van der Waals surface area (Å²) in [6.45, 7) is 13.0. The van der Waals surface area contributed by atoms with E-state index < -0.39 is 53.3 Å². The van der Waals surface area contributed by atoms with Gasteiger partial charge in [-0.05, 0) is 18.1 Å². The summed E-state index contributed by atoms with van der Waals surface area (Å²) in [7, 11) is -5.51. The number of nitrogens with one attached hydrogen (secondary N) is 2. The number of carbonyl (C=O) groups is 1. The molecule has 13 nitrogen and oxygen atoms in total. The van der Waals surface area contributed by atoms with E-state index in [0.717, 1.165) is 0 Å². The fraction of sp³-hybridized carbons (Fsp3) is 0.700. The Hall–Kier alpha value is -2.06. The molecule has 1 aliphatic rings. The topological polar surface area (TPSA) is 178 Å². The lowest BCUT2D eigenvalue weighted by atomic mass is 10.1. The summed E-state index contributed by atoms with van der Waals surface area (Å²) < 4.78 is 30.9. The lowest BCUT2D eigenvalue weighted by molar-refractivity contribution is -0.118. The van der Waals surface area contributed by atoms with Crippen LogP contribution in [0.4, 0.5) is 5.95 Å². The summed E-state index contributed by atoms with van der Waals surface area (Å²) in [5.41, 5.74) is -0.467. The van der Waals surface area contributed by atoms with Gasteiger partial charge in [-0.25, -0.2) is 4.98 Å². The van der Waals surface area contributed by atoms with Crippen LogP contribution in [-0.2, 0) is 23.0 Å². The van der Waals surface area contributed by atoms with Gasteiger partial charge < -0.3 is 14.3 Å². The first-order chi connectivity index (χ1) is 16.2. The van der Waals surface area contributed by atoms with Gasteiger partial charge in [0.15, 0.2) is 31.8 Å². The predicted molar refractivity (Wildman–Crippen MR) is 129 cm³/mol. The highest BCUT2D eigenvalue weighted by atomic mass is 31.1. The number of H-pyrrole nitrogens is 1. The minimum absolute atomic E-state index is 0.000346. The summed E-state index contributed by atoms with van der Waals surface area (Å²) in [4.78, 5) is 45.2. The van der Waals surface area contributed by atoms with Crippen molar-refractivity contribution in [2.24, 2.45) is 5.92 Å². The molecule has 2 aromatic heterocycles. The number of hydrogen-bond donors (Lipinski definition) is 4. The fourth-order valence-electron chi connectivity index (χ4n) is 3.39. The van der Waals surface area contributed by atoms with Crippen molar-refractivity contribution >= 4 is 39.6 Å². The second-order valence-electron chi connectivity index (χ2n) is 10.3. The van der Waals surface area contributed by atoms with Crippen LogP contribution in [0.15, 0.2) is 11.1 Å². The van der Waals surface area contributed by atoms with Gasteiger partial charge in [0.2, 0.25) is 11.9 Å². The molecule has 0 spiro atoms. The average molecular weight is 531 g/mol. The minimum atomic E-state index is -3.03. The molecule has 1 amide bonds. The van der Waals surface area contributed by atoms with Gasteiger partial charge in [-0.1, -0.05) is 34.6 Å². The Balaban J connectivity index is 2.11. The van der Waals surface area contributed by atoms with E-state index in [1.807, 2.05) is 33.9 Å². The van der Waals surface area contributed by atoms with Gasteiger partial charge in [0, 0.05) is 10.5 Å². The number of ether oxygens (including phenoxy) is 1. The van der Waals surface area contributed by atoms with E-state index in [1.165, 1.54) is 10.9 Å². The van der Waals surface area contributed by atoms with Gasteiger partial charge in [-0.2, -0.15) is 4.98 Å². The number of anilines is 1. The summed E-state index contributed by atoms with van der Waals surface area (Å²) in [6, 6.07) is 0. The number of rotatable bonds is 8. The van der Waals surface area contributed by atoms with E-state index in [9.17, 15) is 24.2 Å². The van der Waals surface area contributed by atoms with Crippen LogP contribution in [0.25, 0.3) is 11.2 Å². The molecule has 0 saturated carbocycles. The summed E-state index contributed by atoms with van der Waals surface area (Å²) >= 11 is 0. The van der Waals surface area contributed by atoms with Crippen LogP contribution in [0.5, 0.6) is 0 Å². The first kappa shape index (κ1) is 27.5. The molecule has 0 bridgehead atoms. The van der Waals surface area contributed by atoms with E-state index in [2.05, 4.69) is 20.3 Å². The minimum Gasteiger partial charge on any atom is -0.406 e. The standard InChI is InChI=1S/C20H32N5O8PSi/c1-10(2)16(27)23-19-22-15-12(17(28)24-19)21-9-25(15)18-14(33-35(6,7)20(3,4)5)13(32-34(29)30)11(8-26)31-18/h9-11,13-14,18,26H,8H2,1-7H3,(H2-,22,23,24,27,28,29,30)/p+1/t11-,13-,14-,18-/m1/s1. The third-order valence-corrected chi connectivity index (χ3v) is 11.3. The Morgan fingerprint density at radius 1 is 1.37 bits per heavy atom. The lowest BCUT2D eigenvalue weighted by Gasteiger charge is -2.40. The highest BCUT2D eigenvalue weighted by molar-refractivity contribution is 7.32. The first-order valence-electron chi connectivity index (χ1n) is 11.2. The van der Waals surface area contributed by atoms with Crippen molar-refractivity contribution in [3.63, 3.8) is 0 Å². The molecule has 3 rings (SSSR count). The Kier molecular flexibility index (Phi) is 7.96. The highest BCUT2D eigenvalue weighted by Crippen LogP contribution is 2.44. The molecule has 1 aliphatic heterocycles. The first-order valence-corrected chi connectivity index (χ1v) is 15.2. The largest absolute Gasteiger partial charge is 0.695 e. The molecule has 0 aliphatic carbocycles. The number of hydrogen-bond acceptors (Lipinski definition) is 9. The summed E-state index contributed by atoms with van der Waals surface area (Å²) in [6.07, 6.45) is -2.64. The molecule has 194 valence electrons. The quantitative estimate of drug-likeness (QED) is 0.291. The number of imidazole rings is 1. The van der Waals surface area contributed by atoms with Gasteiger partial charge in [0.25, 0.3) is 5.56 Å². The van der Waals surface area contributed by atoms with Crippen molar-refractivity contribution in [1.82, 2.24) is 19.5 Å². The van der Waals surface area contributed by atoms with E-state index in [0.29, 0.717) is 0 Å². The monoisotopic (exact) mass is 530 g/mol. The lowest BCUT2D eigenvalue weighted by Crippen LogP contribution is -2.49. The number of aliphatic hydroxyl groups excluding tert-OH is 1. The number of carbonyl (C=O) groups excluding carboxylic acids is 1. The Morgan fingerprint density at radius 2 is 2.03 bits per heavy atom. The SMILES string of the molecule is CC(C)C(=O)Nc1nc2c(ncn2[C@@H]2O[C@H](CO)[C@@H](O[P+](=O)O)[C@H]2O[Si](C)(C)C(C)(C)C)c(=O)[nH]1. The summed E-state index contributed by atoms with van der Waals surface area (Å²) in [5.74, 6) is -0.742. The average Bonchev–Trinajstić information content (AvgIpc) is 3.28. The van der Waals surface area contributed by atoms with E-state index in [1.54, 1.807) is 13.8 Å². The molecular formula is C20H33N5O8PSi+. The third kappa shape index (κ3) is 5.69. The molecule has 4 N–H and O–H groups in total. The van der Waals surface area contributed by atoms with E-state index >= 15 is 0 Å². The number of amides is 1. The molecule has 1 unspecified atom stereocenters. The Morgan fingerprint density at radius 3 is 2.57 bits per heavy atom. The second-order valence-corrected chi connectivity index (χ2v) is 15.7. The Labute approximate surface area is 204 Å². The molecule has 5 atom stereocenters. The number of aliphatic hydroxyl groups is 1. The molecule has 2 aromatic rings. The predicted octanol–water partition coefficient (Wildman–Crippen LogP) is 2.03. The molecule has 3 heterocycles. The van der Waals surface area contributed by atoms with Crippen molar-refractivity contribution in [3.05, 3.63) is 16.7 Å². The van der Waals surface area contributed by atoms with Crippen LogP contribution in [0, 0.1) is 5.92 Å². The summed E-state index contributed by atoms with van der Waals surface area (Å²) in [5, 5.41) is 12.3. The molecular weight excluding hydrogens is 497 g/mol. The van der Waals surface area contributed by atoms with Crippen LogP contribution >= 0.6 is 8.25 Å². The van der Waals surface area contributed by atoms with Crippen molar-refractivity contribution < 1.29 is 33.0 Å². The molecule has 35 heavy (non-hydrogen) atoms. The molecule has 1 fully saturated rings. The van der Waals surface area contributed by atoms with Gasteiger partial charge >= 0.3 is 8.25 Å². The van der Waals surface area contributed by atoms with Gasteiger partial charge in [-0.15, -0.1) is 9.42 Å². The van der Waals surface area contributed by atoms with E-state index in [-0.39, 0.29) is 34.0 Å². The zero-order valence-electron chi connectivity index (χ0n) is 20.8. The maximum atomic E-state index is 12.6. The maximum Gasteiger partial charge on any atom is 0.695 e. The van der Waals surface area contributed by atoms with Gasteiger partial charge in [0.05, 0.1) is 12.9 Å². The molecule has 1 saturated heterocycles. The number of fused-ring (bicyclic) bond motifs is 1. The third-order valence-electron chi connectivity index (χ3n) is 6.39. The van der Waals surface area contributed by atoms with Crippen LogP contribution in [0.2, 0.25) is 18.1 Å².